The first kappa shape index (κ1) is 18.9. The predicted octanol–water partition coefficient (Wildman–Crippen LogP) is 3.94. The highest BCUT2D eigenvalue weighted by molar-refractivity contribution is 6.04. The van der Waals surface area contributed by atoms with Crippen LogP contribution >= 0.6 is 0 Å². The van der Waals surface area contributed by atoms with Crippen molar-refractivity contribution in [2.75, 3.05) is 41.3 Å². The third kappa shape index (κ3) is 4.51. The summed E-state index contributed by atoms with van der Waals surface area (Å²) in [4.78, 5) is 21.2. The van der Waals surface area contributed by atoms with Crippen molar-refractivity contribution in [3.8, 4) is 0 Å². The fraction of sp³-hybridized carbons (Fsp3) is 0.182. The van der Waals surface area contributed by atoms with Gasteiger partial charge < -0.3 is 15.1 Å². The van der Waals surface area contributed by atoms with E-state index < -0.39 is 0 Å². The van der Waals surface area contributed by atoms with Crippen molar-refractivity contribution >= 4 is 23.1 Å². The molecule has 29 heavy (non-hydrogen) atoms. The van der Waals surface area contributed by atoms with E-state index in [2.05, 4.69) is 20.1 Å². The van der Waals surface area contributed by atoms with Crippen molar-refractivity contribution in [2.45, 2.75) is 0 Å². The number of nitrogens with zero attached hydrogens (tertiary/aromatic N) is 3. The molecule has 4 rings (SSSR count). The molecule has 1 aliphatic heterocycles. The molecule has 0 unspecified atom stereocenters. The van der Waals surface area contributed by atoms with Gasteiger partial charge in [0.05, 0.1) is 0 Å². The number of rotatable bonds is 4. The molecule has 148 valence electrons. The second-order valence-electron chi connectivity index (χ2n) is 6.81. The van der Waals surface area contributed by atoms with Gasteiger partial charge in [0.1, 0.15) is 17.5 Å². The van der Waals surface area contributed by atoms with Crippen LogP contribution in [-0.4, -0.2) is 37.1 Å². The Kier molecular flexibility index (Phi) is 5.37. The Balaban J connectivity index is 1.40. The van der Waals surface area contributed by atoms with Gasteiger partial charge in [0, 0.05) is 49.3 Å². The van der Waals surface area contributed by atoms with Crippen LogP contribution in [-0.2, 0) is 0 Å². The minimum absolute atomic E-state index is 0.243. The average molecular weight is 394 g/mol. The molecule has 1 aliphatic rings. The quantitative estimate of drug-likeness (QED) is 0.728. The second-order valence-corrected chi connectivity index (χ2v) is 6.81. The summed E-state index contributed by atoms with van der Waals surface area (Å²) in [5.74, 6) is -0.137. The van der Waals surface area contributed by atoms with E-state index in [4.69, 9.17) is 0 Å². The van der Waals surface area contributed by atoms with Crippen LogP contribution in [0, 0.1) is 11.6 Å². The van der Waals surface area contributed by atoms with Gasteiger partial charge in [0.25, 0.3) is 5.91 Å². The van der Waals surface area contributed by atoms with Crippen molar-refractivity contribution in [3.05, 3.63) is 84.1 Å². The molecule has 0 bridgehead atoms. The van der Waals surface area contributed by atoms with E-state index in [1.165, 1.54) is 36.4 Å². The molecule has 0 spiro atoms. The summed E-state index contributed by atoms with van der Waals surface area (Å²) >= 11 is 0. The molecular weight excluding hydrogens is 374 g/mol. The van der Waals surface area contributed by atoms with Crippen LogP contribution in [0.5, 0.6) is 0 Å². The number of aromatic nitrogens is 1. The molecule has 5 nitrogen and oxygen atoms in total. The van der Waals surface area contributed by atoms with Gasteiger partial charge in [-0.25, -0.2) is 13.8 Å². The highest BCUT2D eigenvalue weighted by Gasteiger charge is 2.19. The molecule has 0 saturated carbocycles. The van der Waals surface area contributed by atoms with Crippen LogP contribution in [0.1, 0.15) is 10.4 Å². The van der Waals surface area contributed by atoms with Gasteiger partial charge in [0.15, 0.2) is 0 Å². The number of hydrogen-bond acceptors (Lipinski definition) is 4. The number of benzene rings is 2. The molecule has 1 amide bonds. The summed E-state index contributed by atoms with van der Waals surface area (Å²) in [7, 11) is 0. The lowest BCUT2D eigenvalue weighted by Gasteiger charge is -2.36. The summed E-state index contributed by atoms with van der Waals surface area (Å²) in [5, 5.41) is 2.76. The zero-order chi connectivity index (χ0) is 20.2. The van der Waals surface area contributed by atoms with Crippen molar-refractivity contribution in [1.29, 1.82) is 0 Å². The summed E-state index contributed by atoms with van der Waals surface area (Å²) in [6.45, 7) is 3.04. The topological polar surface area (TPSA) is 48.5 Å². The Hall–Kier alpha value is -3.48. The molecule has 2 heterocycles. The van der Waals surface area contributed by atoms with Gasteiger partial charge >= 0.3 is 0 Å². The number of carbonyl (C=O) groups excluding carboxylic acids is 1. The molecule has 3 aromatic rings. The second kappa shape index (κ2) is 8.26. The summed E-state index contributed by atoms with van der Waals surface area (Å²) < 4.78 is 26.1. The van der Waals surface area contributed by atoms with Crippen LogP contribution in [0.4, 0.5) is 26.0 Å². The van der Waals surface area contributed by atoms with Gasteiger partial charge in [-0.3, -0.25) is 4.79 Å². The lowest BCUT2D eigenvalue weighted by Crippen LogP contribution is -2.46. The highest BCUT2D eigenvalue weighted by atomic mass is 19.1. The van der Waals surface area contributed by atoms with Crippen LogP contribution in [0.2, 0.25) is 0 Å². The number of anilines is 3. The third-order valence-corrected chi connectivity index (χ3v) is 4.91. The predicted molar refractivity (Wildman–Crippen MR) is 109 cm³/mol. The molecule has 7 heteroatoms. The normalized spacial score (nSPS) is 14.0. The first-order chi connectivity index (χ1) is 14.1. The van der Waals surface area contributed by atoms with Crippen LogP contribution in [0.3, 0.4) is 0 Å². The Morgan fingerprint density at radius 1 is 0.828 bits per heavy atom. The largest absolute Gasteiger partial charge is 0.368 e. The Morgan fingerprint density at radius 2 is 1.41 bits per heavy atom. The lowest BCUT2D eigenvalue weighted by molar-refractivity contribution is 0.102. The molecule has 1 aromatic heterocycles. The zero-order valence-corrected chi connectivity index (χ0v) is 15.7. The van der Waals surface area contributed by atoms with Crippen molar-refractivity contribution in [3.63, 3.8) is 0 Å². The molecule has 0 aliphatic carbocycles. The van der Waals surface area contributed by atoms with E-state index in [-0.39, 0.29) is 17.5 Å². The number of piperazine rings is 1. The van der Waals surface area contributed by atoms with Crippen LogP contribution in [0.15, 0.2) is 66.9 Å². The fourth-order valence-corrected chi connectivity index (χ4v) is 3.31. The smallest absolute Gasteiger partial charge is 0.255 e. The van der Waals surface area contributed by atoms with Gasteiger partial charge in [-0.15, -0.1) is 0 Å². The monoisotopic (exact) mass is 394 g/mol. The average Bonchev–Trinajstić information content (AvgIpc) is 2.76. The van der Waals surface area contributed by atoms with Gasteiger partial charge in [0.2, 0.25) is 0 Å². The van der Waals surface area contributed by atoms with Crippen LogP contribution in [0.25, 0.3) is 0 Å². The maximum absolute atomic E-state index is 13.1. The molecule has 0 radical (unpaired) electrons. The van der Waals surface area contributed by atoms with E-state index in [1.54, 1.807) is 30.5 Å². The molecule has 1 saturated heterocycles. The summed E-state index contributed by atoms with van der Waals surface area (Å²) in [5.41, 5.74) is 2.01. The summed E-state index contributed by atoms with van der Waals surface area (Å²) in [6.07, 6.45) is 1.61. The van der Waals surface area contributed by atoms with E-state index in [0.717, 1.165) is 37.7 Å². The SMILES string of the molecule is O=C(Nc1ccc(F)cc1)c1ccnc(N2CCN(c3ccc(F)cc3)CC2)c1. The first-order valence-corrected chi connectivity index (χ1v) is 9.37. The summed E-state index contributed by atoms with van der Waals surface area (Å²) in [6, 6.07) is 15.5. The van der Waals surface area contributed by atoms with Gasteiger partial charge in [-0.1, -0.05) is 0 Å². The maximum Gasteiger partial charge on any atom is 0.255 e. The number of halogens is 2. The lowest BCUT2D eigenvalue weighted by atomic mass is 10.2. The van der Waals surface area contributed by atoms with Crippen molar-refractivity contribution < 1.29 is 13.6 Å². The van der Waals surface area contributed by atoms with Crippen molar-refractivity contribution in [1.82, 2.24) is 4.98 Å². The van der Waals surface area contributed by atoms with E-state index in [9.17, 15) is 13.6 Å². The first-order valence-electron chi connectivity index (χ1n) is 9.37. The van der Waals surface area contributed by atoms with Gasteiger partial charge in [-0.05, 0) is 60.7 Å². The molecule has 1 fully saturated rings. The minimum atomic E-state index is -0.353. The number of carbonyl (C=O) groups is 1. The maximum atomic E-state index is 13.1. The van der Waals surface area contributed by atoms with E-state index in [0.29, 0.717) is 11.3 Å². The molecule has 2 aromatic carbocycles. The molecule has 0 atom stereocenters. The Bertz CT molecular complexity index is 984. The van der Waals surface area contributed by atoms with Crippen molar-refractivity contribution in [2.24, 2.45) is 0 Å². The molecular formula is C22H20F2N4O. The Labute approximate surface area is 167 Å². The number of nitrogens with one attached hydrogen (secondary N) is 1. The number of hydrogen-bond donors (Lipinski definition) is 1. The minimum Gasteiger partial charge on any atom is -0.368 e. The Morgan fingerprint density at radius 3 is 2.07 bits per heavy atom. The van der Waals surface area contributed by atoms with Gasteiger partial charge in [-0.2, -0.15) is 0 Å². The standard InChI is InChI=1S/C22H20F2N4O/c23-17-1-5-19(6-2-17)26-22(29)16-9-10-25-21(15-16)28-13-11-27(12-14-28)20-7-3-18(24)4-8-20/h1-10,15H,11-14H2,(H,26,29). The van der Waals surface area contributed by atoms with E-state index >= 15 is 0 Å². The third-order valence-electron chi connectivity index (χ3n) is 4.91. The number of pyridine rings is 1. The van der Waals surface area contributed by atoms with Crippen LogP contribution < -0.4 is 15.1 Å². The fourth-order valence-electron chi connectivity index (χ4n) is 3.31. The van der Waals surface area contributed by atoms with E-state index in [1.807, 2.05) is 0 Å². The molecule has 1 N–H and O–H groups in total. The number of amides is 1. The highest BCUT2D eigenvalue weighted by Crippen LogP contribution is 2.21. The zero-order valence-electron chi connectivity index (χ0n) is 15.7.